The minimum atomic E-state index is -0.141. The number of nitrogens with zero attached hydrogens (tertiary/aromatic N) is 2. The summed E-state index contributed by atoms with van der Waals surface area (Å²) in [4.78, 5) is 14.3. The summed E-state index contributed by atoms with van der Waals surface area (Å²) < 4.78 is 7.35. The van der Waals surface area contributed by atoms with Gasteiger partial charge in [-0.05, 0) is 55.9 Å². The number of carbonyl (C=O) groups excluding carboxylic acids is 1. The van der Waals surface area contributed by atoms with E-state index in [2.05, 4.69) is 22.9 Å². The summed E-state index contributed by atoms with van der Waals surface area (Å²) in [6.45, 7) is 5.53. The highest BCUT2D eigenvalue weighted by Gasteiger charge is 2.32. The number of anilines is 1. The molecule has 0 unspecified atom stereocenters. The molecule has 0 aliphatic carbocycles. The average molecular weight is 355 g/mol. The third-order valence-electron chi connectivity index (χ3n) is 4.32. The minimum absolute atomic E-state index is 0.141. The van der Waals surface area contributed by atoms with E-state index >= 15 is 0 Å². The number of ether oxygens (including phenoxy) is 1. The highest BCUT2D eigenvalue weighted by molar-refractivity contribution is 7.80. The number of methoxy groups -OCH3 is 1. The van der Waals surface area contributed by atoms with Crippen LogP contribution in [0.25, 0.3) is 6.08 Å². The molecule has 0 spiro atoms. The van der Waals surface area contributed by atoms with Gasteiger partial charge in [0, 0.05) is 25.0 Å². The molecule has 5 nitrogen and oxygen atoms in total. The van der Waals surface area contributed by atoms with Gasteiger partial charge in [-0.25, -0.2) is 0 Å². The molecule has 1 aliphatic rings. The first-order chi connectivity index (χ1) is 12.0. The van der Waals surface area contributed by atoms with Crippen molar-refractivity contribution in [2.75, 3.05) is 18.6 Å². The number of aryl methyl sites for hydroxylation is 1. The molecule has 2 heterocycles. The summed E-state index contributed by atoms with van der Waals surface area (Å²) in [6, 6.07) is 11.5. The van der Waals surface area contributed by atoms with Crippen LogP contribution in [-0.4, -0.2) is 29.3 Å². The summed E-state index contributed by atoms with van der Waals surface area (Å²) in [6.07, 6.45) is 1.86. The third kappa shape index (κ3) is 3.36. The number of hydrogen-bond acceptors (Lipinski definition) is 3. The zero-order valence-electron chi connectivity index (χ0n) is 14.6. The molecule has 0 saturated carbocycles. The van der Waals surface area contributed by atoms with Gasteiger partial charge in [0.1, 0.15) is 5.70 Å². The lowest BCUT2D eigenvalue weighted by Crippen LogP contribution is -2.30. The number of hydrogen-bond donors (Lipinski definition) is 1. The molecule has 0 atom stereocenters. The number of carbonyl (C=O) groups is 1. The van der Waals surface area contributed by atoms with Gasteiger partial charge < -0.3 is 14.6 Å². The Kier molecular flexibility index (Phi) is 5.01. The SMILES string of the molecule is COCCn1c(C)cc(/C=C2\NC(=S)N(c3ccccc3)C2=O)c1C. The number of rotatable bonds is 5. The Balaban J connectivity index is 1.90. The number of para-hydroxylation sites is 1. The van der Waals surface area contributed by atoms with E-state index in [-0.39, 0.29) is 5.91 Å². The highest BCUT2D eigenvalue weighted by atomic mass is 32.1. The predicted octanol–water partition coefficient (Wildman–Crippen LogP) is 3.01. The Labute approximate surface area is 152 Å². The van der Waals surface area contributed by atoms with Gasteiger partial charge in [0.05, 0.1) is 12.3 Å². The van der Waals surface area contributed by atoms with Gasteiger partial charge in [-0.2, -0.15) is 0 Å². The van der Waals surface area contributed by atoms with Crippen LogP contribution in [0.4, 0.5) is 5.69 Å². The highest BCUT2D eigenvalue weighted by Crippen LogP contribution is 2.24. The van der Waals surface area contributed by atoms with Gasteiger partial charge in [0.15, 0.2) is 5.11 Å². The van der Waals surface area contributed by atoms with E-state index in [9.17, 15) is 4.79 Å². The smallest absolute Gasteiger partial charge is 0.281 e. The number of nitrogens with one attached hydrogen (secondary N) is 1. The number of aromatic nitrogens is 1. The lowest BCUT2D eigenvalue weighted by molar-refractivity contribution is -0.113. The van der Waals surface area contributed by atoms with Crippen LogP contribution in [-0.2, 0) is 16.1 Å². The Morgan fingerprint density at radius 1 is 1.24 bits per heavy atom. The van der Waals surface area contributed by atoms with Crippen LogP contribution < -0.4 is 10.2 Å². The average Bonchev–Trinajstić information content (AvgIpc) is 3.03. The molecule has 1 fully saturated rings. The zero-order valence-corrected chi connectivity index (χ0v) is 15.4. The molecule has 1 aromatic heterocycles. The van der Waals surface area contributed by atoms with Gasteiger partial charge in [0.25, 0.3) is 5.91 Å². The van der Waals surface area contributed by atoms with Crippen LogP contribution in [0.5, 0.6) is 0 Å². The molecule has 6 heteroatoms. The fourth-order valence-electron chi connectivity index (χ4n) is 3.00. The largest absolute Gasteiger partial charge is 0.383 e. The van der Waals surface area contributed by atoms with Crippen LogP contribution in [0, 0.1) is 13.8 Å². The summed E-state index contributed by atoms with van der Waals surface area (Å²) >= 11 is 5.35. The van der Waals surface area contributed by atoms with E-state index in [4.69, 9.17) is 17.0 Å². The number of benzene rings is 1. The third-order valence-corrected chi connectivity index (χ3v) is 4.61. The first kappa shape index (κ1) is 17.4. The Morgan fingerprint density at radius 3 is 2.64 bits per heavy atom. The normalized spacial score (nSPS) is 16.0. The Hall–Kier alpha value is -2.44. The van der Waals surface area contributed by atoms with Crippen LogP contribution in [0.1, 0.15) is 17.0 Å². The molecule has 1 amide bonds. The minimum Gasteiger partial charge on any atom is -0.383 e. The van der Waals surface area contributed by atoms with Gasteiger partial charge in [0.2, 0.25) is 0 Å². The molecule has 130 valence electrons. The van der Waals surface area contributed by atoms with E-state index in [1.54, 1.807) is 7.11 Å². The molecule has 2 aromatic rings. The van der Waals surface area contributed by atoms with Gasteiger partial charge in [-0.1, -0.05) is 18.2 Å². The molecule has 0 bridgehead atoms. The topological polar surface area (TPSA) is 46.5 Å². The van der Waals surface area contributed by atoms with Crippen molar-refractivity contribution in [1.82, 2.24) is 9.88 Å². The van der Waals surface area contributed by atoms with Gasteiger partial charge in [-0.15, -0.1) is 0 Å². The Bertz CT molecular complexity index is 840. The maximum absolute atomic E-state index is 12.8. The van der Waals surface area contributed by atoms with Gasteiger partial charge >= 0.3 is 0 Å². The first-order valence-corrected chi connectivity index (χ1v) is 8.51. The van der Waals surface area contributed by atoms with E-state index in [1.165, 1.54) is 4.90 Å². The van der Waals surface area contributed by atoms with Crippen molar-refractivity contribution in [1.29, 1.82) is 0 Å². The first-order valence-electron chi connectivity index (χ1n) is 8.10. The molecule has 1 aromatic carbocycles. The van der Waals surface area contributed by atoms with Crippen molar-refractivity contribution in [3.8, 4) is 0 Å². The molecular weight excluding hydrogens is 334 g/mol. The lowest BCUT2D eigenvalue weighted by Gasteiger charge is -2.13. The maximum atomic E-state index is 12.8. The van der Waals surface area contributed by atoms with Crippen molar-refractivity contribution >= 4 is 35.0 Å². The molecular formula is C19H21N3O2S. The molecule has 1 aliphatic heterocycles. The van der Waals surface area contributed by atoms with Crippen LogP contribution in [0.15, 0.2) is 42.1 Å². The van der Waals surface area contributed by atoms with Crippen molar-refractivity contribution in [3.63, 3.8) is 0 Å². The van der Waals surface area contributed by atoms with E-state index < -0.39 is 0 Å². The van der Waals surface area contributed by atoms with Crippen molar-refractivity contribution in [3.05, 3.63) is 59.0 Å². The summed E-state index contributed by atoms with van der Waals surface area (Å²) in [5.74, 6) is -0.141. The second kappa shape index (κ2) is 7.21. The van der Waals surface area contributed by atoms with Crippen LogP contribution >= 0.6 is 12.2 Å². The van der Waals surface area contributed by atoms with E-state index in [0.29, 0.717) is 17.4 Å². The molecule has 1 saturated heterocycles. The predicted molar refractivity (Wildman–Crippen MR) is 103 cm³/mol. The van der Waals surface area contributed by atoms with Gasteiger partial charge in [-0.3, -0.25) is 9.69 Å². The van der Waals surface area contributed by atoms with E-state index in [1.807, 2.05) is 43.3 Å². The second-order valence-electron chi connectivity index (χ2n) is 5.94. The number of thiocarbonyl (C=S) groups is 1. The fraction of sp³-hybridized carbons (Fsp3) is 0.263. The zero-order chi connectivity index (χ0) is 18.0. The van der Waals surface area contributed by atoms with Crippen molar-refractivity contribution in [2.24, 2.45) is 0 Å². The molecule has 1 N–H and O–H groups in total. The maximum Gasteiger partial charge on any atom is 0.281 e. The van der Waals surface area contributed by atoms with Crippen LogP contribution in [0.3, 0.4) is 0 Å². The fourth-order valence-corrected chi connectivity index (χ4v) is 3.30. The Morgan fingerprint density at radius 2 is 1.96 bits per heavy atom. The van der Waals surface area contributed by atoms with E-state index in [0.717, 1.165) is 29.2 Å². The molecule has 0 radical (unpaired) electrons. The summed E-state index contributed by atoms with van der Waals surface area (Å²) in [5.41, 5.74) is 4.48. The van der Waals surface area contributed by atoms with Crippen molar-refractivity contribution in [2.45, 2.75) is 20.4 Å². The quantitative estimate of drug-likeness (QED) is 0.662. The molecule has 25 heavy (non-hydrogen) atoms. The monoisotopic (exact) mass is 355 g/mol. The lowest BCUT2D eigenvalue weighted by atomic mass is 10.2. The summed E-state index contributed by atoms with van der Waals surface area (Å²) in [7, 11) is 1.69. The second-order valence-corrected chi connectivity index (χ2v) is 6.32. The standard InChI is InChI=1S/C19H21N3O2S/c1-13-11-15(14(2)21(13)9-10-24-3)12-17-18(23)22(19(25)20-17)16-7-5-4-6-8-16/h4-8,11-12H,9-10H2,1-3H3,(H,20,25)/b17-12-. The number of amides is 1. The van der Waals surface area contributed by atoms with Crippen molar-refractivity contribution < 1.29 is 9.53 Å². The van der Waals surface area contributed by atoms with Crippen LogP contribution in [0.2, 0.25) is 0 Å². The molecule has 3 rings (SSSR count). The summed E-state index contributed by atoms with van der Waals surface area (Å²) in [5, 5.41) is 3.43.